The fraction of sp³-hybridized carbons (Fsp3) is 0.455. The van der Waals surface area contributed by atoms with Crippen LogP contribution in [0.15, 0.2) is 47.7 Å². The van der Waals surface area contributed by atoms with E-state index in [9.17, 15) is 84.2 Å². The van der Waals surface area contributed by atoms with Gasteiger partial charge < -0.3 is 14.2 Å². The van der Waals surface area contributed by atoms with E-state index in [4.69, 9.17) is 0 Å². The third kappa shape index (κ3) is 7.66. The minimum atomic E-state index is -8.32. The summed E-state index contributed by atoms with van der Waals surface area (Å²) >= 11 is 0. The van der Waals surface area contributed by atoms with E-state index < -0.39 is 90.0 Å². The van der Waals surface area contributed by atoms with E-state index in [2.05, 4.69) is 20.8 Å². The van der Waals surface area contributed by atoms with Crippen molar-refractivity contribution >= 4 is 11.9 Å². The molecule has 0 fully saturated rings. The van der Waals surface area contributed by atoms with Gasteiger partial charge in [0.25, 0.3) is 0 Å². The molecule has 0 aliphatic carbocycles. The van der Waals surface area contributed by atoms with Crippen molar-refractivity contribution in [3.63, 3.8) is 0 Å². The van der Waals surface area contributed by atoms with E-state index >= 15 is 0 Å². The molecule has 0 saturated heterocycles. The summed E-state index contributed by atoms with van der Waals surface area (Å²) in [7, 11) is 0. The molecule has 0 N–H and O–H groups in total. The quantitative estimate of drug-likeness (QED) is 0.0876. The highest BCUT2D eigenvalue weighted by Gasteiger charge is 2.88. The zero-order chi connectivity index (χ0) is 34.9. The number of esters is 2. The second kappa shape index (κ2) is 12.3. The Morgan fingerprint density at radius 3 is 1.32 bits per heavy atom. The van der Waals surface area contributed by atoms with Crippen molar-refractivity contribution in [2.24, 2.45) is 0 Å². The number of alkyl halides is 17. The number of hydrogen-bond acceptors (Lipinski definition) is 5. The van der Waals surface area contributed by atoms with Gasteiger partial charge in [-0.2, -0.15) is 65.9 Å². The summed E-state index contributed by atoms with van der Waals surface area (Å²) in [4.78, 5) is 23.1. The predicted octanol–water partition coefficient (Wildman–Crippen LogP) is 7.82. The maximum atomic E-state index is 14.7. The van der Waals surface area contributed by atoms with Crippen LogP contribution in [0.25, 0.3) is 0 Å². The van der Waals surface area contributed by atoms with Crippen LogP contribution in [-0.2, 0) is 14.3 Å². The summed E-state index contributed by atoms with van der Waals surface area (Å²) in [6.07, 6.45) is -39.9. The number of carbonyl (C=O) groups is 2. The molecule has 44 heavy (non-hydrogen) atoms. The van der Waals surface area contributed by atoms with Gasteiger partial charge >= 0.3 is 54.2 Å². The lowest BCUT2D eigenvalue weighted by molar-refractivity contribution is -0.365. The van der Waals surface area contributed by atoms with Crippen LogP contribution in [0.4, 0.5) is 74.6 Å². The molecule has 0 saturated carbocycles. The van der Waals surface area contributed by atoms with Crippen molar-refractivity contribution in [1.82, 2.24) is 0 Å². The average molecular weight is 680 g/mol. The number of ether oxygens (including phenoxy) is 3. The second-order valence-corrected chi connectivity index (χ2v) is 8.19. The molecule has 0 amide bonds. The highest BCUT2D eigenvalue weighted by atomic mass is 19.4. The molecule has 0 aliphatic heterocycles. The number of carbonyl (C=O) groups excluding carboxylic acids is 2. The molecule has 0 aliphatic rings. The van der Waals surface area contributed by atoms with Gasteiger partial charge in [0, 0.05) is 5.57 Å². The molecule has 0 spiro atoms. The normalized spacial score (nSPS) is 13.7. The van der Waals surface area contributed by atoms with Crippen LogP contribution in [0.1, 0.15) is 17.3 Å². The van der Waals surface area contributed by atoms with Crippen molar-refractivity contribution < 1.29 is 98.4 Å². The van der Waals surface area contributed by atoms with Gasteiger partial charge in [-0.15, -0.1) is 0 Å². The minimum absolute atomic E-state index is 0.0385. The molecule has 0 heterocycles. The molecule has 250 valence electrons. The maximum absolute atomic E-state index is 14.7. The van der Waals surface area contributed by atoms with Crippen molar-refractivity contribution in [3.8, 4) is 5.75 Å². The molecule has 0 unspecified atom stereocenters. The Kier molecular flexibility index (Phi) is 10.7. The van der Waals surface area contributed by atoms with Gasteiger partial charge in [0.2, 0.25) is 5.76 Å². The summed E-state index contributed by atoms with van der Waals surface area (Å²) in [6, 6.07) is 0.474. The summed E-state index contributed by atoms with van der Waals surface area (Å²) in [5.74, 6) is -8.89. The zero-order valence-corrected chi connectivity index (χ0v) is 20.9. The van der Waals surface area contributed by atoms with Crippen LogP contribution in [0.2, 0.25) is 0 Å². The van der Waals surface area contributed by atoms with Crippen LogP contribution in [0.5, 0.6) is 5.75 Å². The standard InChI is InChI=1S/C22H13F17O5/c1-9(2)14(40)42-7-8-43-15(41)10-3-5-11(6-4-10)44-13(18(25,26)27)12(16(23,19(28,29)30)20(31,32)33)17(24,21(34,35)36)22(37,38)39/h3-6H,1,7-8H2,2H3. The monoisotopic (exact) mass is 680 g/mol. The van der Waals surface area contributed by atoms with E-state index in [0.717, 1.165) is 0 Å². The smallest absolute Gasteiger partial charge is 0.449 e. The molecular weight excluding hydrogens is 667 g/mol. The first-order valence-electron chi connectivity index (χ1n) is 10.7. The van der Waals surface area contributed by atoms with Crippen LogP contribution in [-0.4, -0.2) is 67.4 Å². The SMILES string of the molecule is C=C(C)C(=O)OCCOC(=O)c1ccc(OC(=C(C(F)(C(F)(F)F)C(F)(F)F)C(F)(C(F)(F)F)C(F)(F)F)C(F)(F)F)cc1. The van der Waals surface area contributed by atoms with Crippen LogP contribution >= 0.6 is 0 Å². The van der Waals surface area contributed by atoms with Crippen LogP contribution in [0.3, 0.4) is 0 Å². The van der Waals surface area contributed by atoms with Crippen LogP contribution in [0, 0.1) is 0 Å². The average Bonchev–Trinajstić information content (AvgIpc) is 2.82. The number of hydrogen-bond donors (Lipinski definition) is 0. The van der Waals surface area contributed by atoms with Crippen molar-refractivity contribution in [2.75, 3.05) is 13.2 Å². The van der Waals surface area contributed by atoms with Gasteiger partial charge in [-0.05, 0) is 31.2 Å². The van der Waals surface area contributed by atoms with Crippen molar-refractivity contribution in [3.05, 3.63) is 53.3 Å². The zero-order valence-electron chi connectivity index (χ0n) is 20.9. The first kappa shape index (κ1) is 38.3. The molecule has 1 rings (SSSR count). The minimum Gasteiger partial charge on any atom is -0.459 e. The Morgan fingerprint density at radius 2 is 1.00 bits per heavy atom. The van der Waals surface area contributed by atoms with E-state index in [-0.39, 0.29) is 29.8 Å². The molecule has 22 heteroatoms. The Bertz CT molecular complexity index is 1180. The summed E-state index contributed by atoms with van der Waals surface area (Å²) in [5.41, 5.74) is -23.1. The predicted molar refractivity (Wildman–Crippen MR) is 108 cm³/mol. The van der Waals surface area contributed by atoms with Gasteiger partial charge in [0.15, 0.2) is 0 Å². The van der Waals surface area contributed by atoms with Gasteiger partial charge in [0.1, 0.15) is 19.0 Å². The molecule has 0 bridgehead atoms. The molecule has 0 aromatic heterocycles. The van der Waals surface area contributed by atoms with Gasteiger partial charge in [-0.3, -0.25) is 0 Å². The lowest BCUT2D eigenvalue weighted by Gasteiger charge is -2.41. The largest absolute Gasteiger partial charge is 0.459 e. The topological polar surface area (TPSA) is 61.8 Å². The number of rotatable bonds is 9. The van der Waals surface area contributed by atoms with Crippen molar-refractivity contribution in [1.29, 1.82) is 0 Å². The number of benzene rings is 1. The van der Waals surface area contributed by atoms with Gasteiger partial charge in [0.05, 0.1) is 11.1 Å². The first-order chi connectivity index (χ1) is 19.4. The number of halogens is 17. The molecule has 0 atom stereocenters. The third-order valence-corrected chi connectivity index (χ3v) is 4.94. The fourth-order valence-electron chi connectivity index (χ4n) is 2.94. The van der Waals surface area contributed by atoms with E-state index in [1.807, 2.05) is 0 Å². The van der Waals surface area contributed by atoms with Crippen LogP contribution < -0.4 is 4.74 Å². The van der Waals surface area contributed by atoms with E-state index in [1.54, 1.807) is 0 Å². The first-order valence-corrected chi connectivity index (χ1v) is 10.7. The third-order valence-electron chi connectivity index (χ3n) is 4.94. The Labute approximate surface area is 232 Å². The van der Waals surface area contributed by atoms with Gasteiger partial charge in [-0.25, -0.2) is 18.4 Å². The van der Waals surface area contributed by atoms with E-state index in [0.29, 0.717) is 0 Å². The van der Waals surface area contributed by atoms with Crippen molar-refractivity contribution in [2.45, 2.75) is 49.1 Å². The maximum Gasteiger partial charge on any atom is 0.449 e. The molecule has 5 nitrogen and oxygen atoms in total. The molecule has 1 aromatic rings. The highest BCUT2D eigenvalue weighted by molar-refractivity contribution is 5.89. The lowest BCUT2D eigenvalue weighted by atomic mass is 9.79. The number of allylic oxidation sites excluding steroid dienone is 2. The second-order valence-electron chi connectivity index (χ2n) is 8.19. The summed E-state index contributed by atoms with van der Waals surface area (Å²) < 4.78 is 242. The summed E-state index contributed by atoms with van der Waals surface area (Å²) in [6.45, 7) is 3.17. The Balaban J connectivity index is 3.89. The lowest BCUT2D eigenvalue weighted by Crippen LogP contribution is -2.67. The Hall–Kier alpha value is -3.75. The molecule has 1 aromatic carbocycles. The molecule has 0 radical (unpaired) electrons. The molecular formula is C22H13F17O5. The van der Waals surface area contributed by atoms with E-state index in [1.165, 1.54) is 6.92 Å². The Morgan fingerprint density at radius 1 is 0.636 bits per heavy atom. The highest BCUT2D eigenvalue weighted by Crippen LogP contribution is 2.63. The van der Waals surface area contributed by atoms with Gasteiger partial charge in [-0.1, -0.05) is 6.58 Å². The summed E-state index contributed by atoms with van der Waals surface area (Å²) in [5, 5.41) is 0. The fourth-order valence-corrected chi connectivity index (χ4v) is 2.94.